The van der Waals surface area contributed by atoms with E-state index in [1.807, 2.05) is 0 Å². The highest BCUT2D eigenvalue weighted by Crippen LogP contribution is 2.67. The van der Waals surface area contributed by atoms with Crippen LogP contribution in [0.5, 0.6) is 0 Å². The molecule has 4 heteroatoms. The van der Waals surface area contributed by atoms with Crippen molar-refractivity contribution in [1.29, 1.82) is 10.5 Å². The molecule has 16 aliphatic carbocycles. The van der Waals surface area contributed by atoms with E-state index in [9.17, 15) is 10.5 Å². The number of hydrogen-bond donors (Lipinski definition) is 0. The first-order chi connectivity index (χ1) is 35.5. The predicted molar refractivity (Wildman–Crippen MR) is 287 cm³/mol. The summed E-state index contributed by atoms with van der Waals surface area (Å²) in [7, 11) is 0. The van der Waals surface area contributed by atoms with Crippen LogP contribution < -0.4 is 0 Å². The van der Waals surface area contributed by atoms with E-state index in [-0.39, 0.29) is 0 Å². The van der Waals surface area contributed by atoms with Gasteiger partial charge in [-0.15, -0.1) is 0 Å². The van der Waals surface area contributed by atoms with Gasteiger partial charge in [0.2, 0.25) is 0 Å². The van der Waals surface area contributed by atoms with E-state index in [2.05, 4.69) is 57.3 Å². The molecule has 0 saturated heterocycles. The van der Waals surface area contributed by atoms with Gasteiger partial charge in [-0.2, -0.15) is 10.5 Å². The van der Waals surface area contributed by atoms with Crippen LogP contribution in [0.1, 0.15) is 231 Å². The first kappa shape index (κ1) is 38.3. The maximum absolute atomic E-state index is 11.6. The molecule has 72 heavy (non-hydrogen) atoms. The van der Waals surface area contributed by atoms with Gasteiger partial charge in [-0.05, 0) is 292 Å². The van der Waals surface area contributed by atoms with Crippen molar-refractivity contribution in [3.63, 3.8) is 0 Å². The maximum atomic E-state index is 11.6. The lowest BCUT2D eigenvalue weighted by atomic mass is 9.67. The van der Waals surface area contributed by atoms with E-state index in [1.54, 1.807) is 71.2 Å². The van der Waals surface area contributed by atoms with E-state index in [1.165, 1.54) is 178 Å². The normalized spacial score (nSPS) is 38.0. The molecule has 4 aromatic heterocycles. The van der Waals surface area contributed by atoms with Crippen LogP contribution in [0.15, 0.2) is 36.4 Å². The van der Waals surface area contributed by atoms with Gasteiger partial charge in [0, 0.05) is 43.1 Å². The number of rotatable bonds is 0. The Bertz CT molecular complexity index is 3870. The van der Waals surface area contributed by atoms with E-state index in [0.29, 0.717) is 47.3 Å². The maximum Gasteiger partial charge on any atom is 0.0995 e. The summed E-state index contributed by atoms with van der Waals surface area (Å²) in [5.74, 6) is 11.1. The van der Waals surface area contributed by atoms with Crippen molar-refractivity contribution in [2.45, 2.75) is 176 Å². The Balaban J connectivity index is 1.06. The molecule has 16 bridgehead atoms. The third-order valence-corrected chi connectivity index (χ3v) is 25.3. The first-order valence-corrected chi connectivity index (χ1v) is 29.9. The van der Waals surface area contributed by atoms with Crippen molar-refractivity contribution in [2.24, 2.45) is 47.3 Å². The van der Waals surface area contributed by atoms with Crippen molar-refractivity contribution in [3.05, 3.63) is 92.0 Å². The van der Waals surface area contributed by atoms with Crippen LogP contribution in [-0.2, 0) is 0 Å². The molecule has 9 aromatic rings. The van der Waals surface area contributed by atoms with Crippen LogP contribution in [0.2, 0.25) is 0 Å². The second kappa shape index (κ2) is 12.4. The van der Waals surface area contributed by atoms with Crippen molar-refractivity contribution in [3.8, 4) is 12.1 Å². The Morgan fingerprint density at radius 1 is 0.292 bits per heavy atom. The molecule has 8 atom stereocenters. The first-order valence-electron chi connectivity index (χ1n) is 29.9. The van der Waals surface area contributed by atoms with Gasteiger partial charge in [-0.25, -0.2) is 0 Å². The van der Waals surface area contributed by atoms with Crippen LogP contribution in [0, 0.1) is 70.0 Å². The Hall–Kier alpha value is -5.32. The summed E-state index contributed by atoms with van der Waals surface area (Å²) in [6, 6.07) is 21.5. The number of nitriles is 2. The van der Waals surface area contributed by atoms with Crippen molar-refractivity contribution < 1.29 is 0 Å². The van der Waals surface area contributed by atoms with Gasteiger partial charge >= 0.3 is 0 Å². The second-order valence-corrected chi connectivity index (χ2v) is 28.5. The standard InChI is InChI=1S/C68H62N4/c69-27-45-25-51-61(57-43-21-33-7-34(22-43)14-39(13-33)53(45)57)65-63-59-49(3-1-47-37-9-29-5-30(10-37)18-41(17-29)55(47)59)71-50-4-2-48-38-11-31-6-32(12-38)20-42(19-31)56(48)60(50)64(67(63)71)66-62-52(72(51)68(65)66)26-46(28-70)54-40-15-35-8-36(16-40)24-44(23-35)58(54)62/h1-4,25-26,29-44H,5-24H2. The lowest BCUT2D eigenvalue weighted by molar-refractivity contribution is 0.166. The summed E-state index contributed by atoms with van der Waals surface area (Å²) in [4.78, 5) is 0. The number of hydrogen-bond acceptors (Lipinski definition) is 2. The summed E-state index contributed by atoms with van der Waals surface area (Å²) in [6.45, 7) is 0. The minimum atomic E-state index is 0.481. The molecule has 0 radical (unpaired) electrons. The van der Waals surface area contributed by atoms with Crippen LogP contribution in [-0.4, -0.2) is 8.80 Å². The molecule has 4 nitrogen and oxygen atoms in total. The van der Waals surface area contributed by atoms with Crippen LogP contribution in [0.4, 0.5) is 0 Å². The molecule has 0 N–H and O–H groups in total. The smallest absolute Gasteiger partial charge is 0.0995 e. The molecule has 5 aromatic carbocycles. The van der Waals surface area contributed by atoms with Gasteiger partial charge < -0.3 is 8.80 Å². The van der Waals surface area contributed by atoms with E-state index >= 15 is 0 Å². The highest BCUT2D eigenvalue weighted by molar-refractivity contribution is 6.46. The average molecular weight is 935 g/mol. The number of nitrogens with zero attached hydrogens (tertiary/aromatic N) is 4. The lowest BCUT2D eigenvalue weighted by Crippen LogP contribution is -2.25. The van der Waals surface area contributed by atoms with Gasteiger partial charge in [0.1, 0.15) is 0 Å². The minimum Gasteiger partial charge on any atom is -0.308 e. The van der Waals surface area contributed by atoms with E-state index in [0.717, 1.165) is 58.5 Å². The molecule has 16 aliphatic rings. The Labute approximate surface area is 420 Å². The fraction of sp³-hybridized carbons (Fsp3) is 0.529. The fourth-order valence-electron chi connectivity index (χ4n) is 24.1. The topological polar surface area (TPSA) is 56.4 Å². The highest BCUT2D eigenvalue weighted by Gasteiger charge is 2.50. The number of fused-ring (bicyclic) bond motifs is 14. The van der Waals surface area contributed by atoms with Gasteiger partial charge in [0.25, 0.3) is 0 Å². The van der Waals surface area contributed by atoms with E-state index in [4.69, 9.17) is 0 Å². The summed E-state index contributed by atoms with van der Waals surface area (Å²) in [5.41, 5.74) is 23.5. The Kier molecular flexibility index (Phi) is 6.61. The molecule has 0 amide bonds. The van der Waals surface area contributed by atoms with Gasteiger partial charge in [-0.1, -0.05) is 12.1 Å². The summed E-state index contributed by atoms with van der Waals surface area (Å²) in [5, 5.41) is 35.7. The largest absolute Gasteiger partial charge is 0.308 e. The zero-order valence-corrected chi connectivity index (χ0v) is 41.6. The van der Waals surface area contributed by atoms with Crippen molar-refractivity contribution in [2.75, 3.05) is 0 Å². The molecular weight excluding hydrogens is 873 g/mol. The third kappa shape index (κ3) is 4.24. The molecule has 0 spiro atoms. The Morgan fingerprint density at radius 3 is 0.903 bits per heavy atom. The monoisotopic (exact) mass is 934 g/mol. The van der Waals surface area contributed by atoms with Gasteiger partial charge in [0.15, 0.2) is 0 Å². The van der Waals surface area contributed by atoms with Crippen molar-refractivity contribution in [1.82, 2.24) is 8.80 Å². The van der Waals surface area contributed by atoms with Crippen LogP contribution in [0.25, 0.3) is 76.2 Å². The Morgan fingerprint density at radius 2 is 0.569 bits per heavy atom. The molecule has 8 fully saturated rings. The summed E-state index contributed by atoms with van der Waals surface area (Å²) in [6.07, 6.45) is 26.9. The summed E-state index contributed by atoms with van der Waals surface area (Å²) >= 11 is 0. The molecule has 8 unspecified atom stereocenters. The number of benzene rings is 5. The molecule has 4 heterocycles. The minimum absolute atomic E-state index is 0.481. The zero-order chi connectivity index (χ0) is 46.0. The lowest BCUT2D eigenvalue weighted by Gasteiger charge is -2.38. The fourth-order valence-corrected chi connectivity index (χ4v) is 24.1. The van der Waals surface area contributed by atoms with Crippen molar-refractivity contribution >= 4 is 76.2 Å². The SMILES string of the molecule is N#Cc1cc2c(c3c1C1CC4CC(C1)CC3C4)c1c3c4c5c(ccc4n4c6ccc7c(c6c(c6c8c9c(c(C#N)cc8n2c16)C1CC2CC(C1)CC9C2)c34)C1CC2CC(CC7C2)C1)C1CC2CC(C1)CC5C2. The van der Waals surface area contributed by atoms with Gasteiger partial charge in [0.05, 0.1) is 56.4 Å². The molecule has 8 saturated carbocycles. The molecular formula is C68H62N4. The van der Waals surface area contributed by atoms with Crippen LogP contribution in [0.3, 0.4) is 0 Å². The predicted octanol–water partition coefficient (Wildman–Crippen LogP) is 17.3. The zero-order valence-electron chi connectivity index (χ0n) is 41.6. The summed E-state index contributed by atoms with van der Waals surface area (Å²) < 4.78 is 5.70. The third-order valence-electron chi connectivity index (χ3n) is 25.3. The highest BCUT2D eigenvalue weighted by atomic mass is 15.0. The quantitative estimate of drug-likeness (QED) is 0.152. The van der Waals surface area contributed by atoms with Gasteiger partial charge in [-0.3, -0.25) is 0 Å². The average Bonchev–Trinajstić information content (AvgIpc) is 3.96. The second-order valence-electron chi connectivity index (χ2n) is 28.5. The van der Waals surface area contributed by atoms with E-state index < -0.39 is 0 Å². The molecule has 0 aliphatic heterocycles. The molecule has 354 valence electrons. The van der Waals surface area contributed by atoms with Crippen LogP contribution >= 0.6 is 0 Å². The molecule has 25 rings (SSSR count). The number of aromatic nitrogens is 2.